The number of aryl methyl sites for hydroxylation is 1. The van der Waals surface area contributed by atoms with E-state index in [4.69, 9.17) is 22.7 Å². The molecule has 0 saturated carbocycles. The molecule has 1 aliphatic heterocycles. The van der Waals surface area contributed by atoms with Crippen LogP contribution in [0.1, 0.15) is 5.56 Å². The summed E-state index contributed by atoms with van der Waals surface area (Å²) in [6.07, 6.45) is 3.79. The van der Waals surface area contributed by atoms with Crippen molar-refractivity contribution < 1.29 is 4.74 Å². The Morgan fingerprint density at radius 1 is 1.75 bits per heavy atom. The molecule has 0 amide bonds. The topological polar surface area (TPSA) is 56.3 Å². The number of rotatable bonds is 3. The SMILES string of the molecule is Cn1cc(CN2CCOC(C(N)=S)C2)cn1. The lowest BCUT2D eigenvalue weighted by Crippen LogP contribution is -2.47. The second-order valence-corrected chi connectivity index (χ2v) is 4.49. The number of hydrogen-bond donors (Lipinski definition) is 1. The highest BCUT2D eigenvalue weighted by molar-refractivity contribution is 7.80. The fourth-order valence-corrected chi connectivity index (χ4v) is 1.97. The van der Waals surface area contributed by atoms with Crippen molar-refractivity contribution in [2.75, 3.05) is 19.7 Å². The summed E-state index contributed by atoms with van der Waals surface area (Å²) in [6, 6.07) is 0. The van der Waals surface area contributed by atoms with Gasteiger partial charge in [-0.25, -0.2) is 0 Å². The van der Waals surface area contributed by atoms with Gasteiger partial charge in [0.2, 0.25) is 0 Å². The zero-order chi connectivity index (χ0) is 11.5. The predicted molar refractivity (Wildman–Crippen MR) is 65.0 cm³/mol. The second-order valence-electron chi connectivity index (χ2n) is 4.02. The molecule has 0 bridgehead atoms. The number of thiocarbonyl (C=S) groups is 1. The molecule has 88 valence electrons. The van der Waals surface area contributed by atoms with Crippen molar-refractivity contribution in [3.8, 4) is 0 Å². The van der Waals surface area contributed by atoms with Crippen molar-refractivity contribution in [1.82, 2.24) is 14.7 Å². The van der Waals surface area contributed by atoms with Gasteiger partial charge in [-0.2, -0.15) is 5.10 Å². The van der Waals surface area contributed by atoms with Crippen LogP contribution in [-0.2, 0) is 18.3 Å². The van der Waals surface area contributed by atoms with E-state index in [1.165, 1.54) is 5.56 Å². The first-order chi connectivity index (χ1) is 7.65. The van der Waals surface area contributed by atoms with Gasteiger partial charge < -0.3 is 10.5 Å². The van der Waals surface area contributed by atoms with Crippen LogP contribution in [0.5, 0.6) is 0 Å². The molecule has 1 saturated heterocycles. The summed E-state index contributed by atoms with van der Waals surface area (Å²) in [4.78, 5) is 2.72. The highest BCUT2D eigenvalue weighted by Gasteiger charge is 2.22. The Hall–Kier alpha value is -0.980. The lowest BCUT2D eigenvalue weighted by atomic mass is 10.2. The molecule has 0 spiro atoms. The minimum atomic E-state index is -0.111. The largest absolute Gasteiger partial charge is 0.391 e. The van der Waals surface area contributed by atoms with Gasteiger partial charge in [-0.1, -0.05) is 12.2 Å². The molecule has 6 heteroatoms. The standard InChI is InChI=1S/C10H16N4OS/c1-13-5-8(4-12-13)6-14-2-3-15-9(7-14)10(11)16/h4-5,9H,2-3,6-7H2,1H3,(H2,11,16). The van der Waals surface area contributed by atoms with Crippen LogP contribution >= 0.6 is 12.2 Å². The van der Waals surface area contributed by atoms with Crippen LogP contribution in [0.3, 0.4) is 0 Å². The normalized spacial score (nSPS) is 22.2. The average Bonchev–Trinajstić information content (AvgIpc) is 2.64. The lowest BCUT2D eigenvalue weighted by molar-refractivity contribution is 0.00390. The summed E-state index contributed by atoms with van der Waals surface area (Å²) in [7, 11) is 1.92. The Morgan fingerprint density at radius 2 is 2.56 bits per heavy atom. The number of nitrogens with zero attached hydrogens (tertiary/aromatic N) is 3. The molecule has 0 aromatic carbocycles. The van der Waals surface area contributed by atoms with E-state index in [0.717, 1.165) is 19.6 Å². The Balaban J connectivity index is 1.92. The first-order valence-corrected chi connectivity index (χ1v) is 5.67. The van der Waals surface area contributed by atoms with Gasteiger partial charge in [-0.3, -0.25) is 9.58 Å². The quantitative estimate of drug-likeness (QED) is 0.748. The number of hydrogen-bond acceptors (Lipinski definition) is 4. The minimum absolute atomic E-state index is 0.111. The van der Waals surface area contributed by atoms with E-state index in [1.807, 2.05) is 19.4 Å². The number of morpholine rings is 1. The zero-order valence-corrected chi connectivity index (χ0v) is 10.1. The third-order valence-corrected chi connectivity index (χ3v) is 2.90. The van der Waals surface area contributed by atoms with Crippen molar-refractivity contribution in [3.63, 3.8) is 0 Å². The van der Waals surface area contributed by atoms with Gasteiger partial charge in [0.1, 0.15) is 11.1 Å². The highest BCUT2D eigenvalue weighted by Crippen LogP contribution is 2.10. The first-order valence-electron chi connectivity index (χ1n) is 5.26. The molecule has 0 aliphatic carbocycles. The number of ether oxygens (including phenoxy) is 1. The molecule has 2 N–H and O–H groups in total. The highest BCUT2D eigenvalue weighted by atomic mass is 32.1. The molecule has 2 heterocycles. The van der Waals surface area contributed by atoms with Crippen molar-refractivity contribution in [2.45, 2.75) is 12.6 Å². The van der Waals surface area contributed by atoms with Gasteiger partial charge in [-0.05, 0) is 0 Å². The van der Waals surface area contributed by atoms with E-state index >= 15 is 0 Å². The predicted octanol–water partition coefficient (Wildman–Crippen LogP) is -0.0930. The van der Waals surface area contributed by atoms with E-state index < -0.39 is 0 Å². The van der Waals surface area contributed by atoms with Crippen molar-refractivity contribution in [1.29, 1.82) is 0 Å². The maximum atomic E-state index is 5.59. The number of nitrogens with two attached hydrogens (primary N) is 1. The van der Waals surface area contributed by atoms with Gasteiger partial charge in [0.05, 0.1) is 12.8 Å². The molecule has 2 rings (SSSR count). The van der Waals surface area contributed by atoms with Crippen LogP contribution in [0, 0.1) is 0 Å². The van der Waals surface area contributed by atoms with Crippen LogP contribution in [0.15, 0.2) is 12.4 Å². The Kier molecular flexibility index (Phi) is 3.52. The van der Waals surface area contributed by atoms with Gasteiger partial charge in [0.25, 0.3) is 0 Å². The molecule has 1 atom stereocenters. The van der Waals surface area contributed by atoms with E-state index in [2.05, 4.69) is 10.00 Å². The summed E-state index contributed by atoms with van der Waals surface area (Å²) in [5, 5.41) is 4.14. The maximum Gasteiger partial charge on any atom is 0.120 e. The molecule has 0 radical (unpaired) electrons. The zero-order valence-electron chi connectivity index (χ0n) is 9.30. The molecule has 5 nitrogen and oxygen atoms in total. The van der Waals surface area contributed by atoms with Crippen molar-refractivity contribution >= 4 is 17.2 Å². The summed E-state index contributed by atoms with van der Waals surface area (Å²) >= 11 is 4.95. The molecular weight excluding hydrogens is 224 g/mol. The molecule has 1 aromatic rings. The summed E-state index contributed by atoms with van der Waals surface area (Å²) in [5.74, 6) is 0. The fraction of sp³-hybridized carbons (Fsp3) is 0.600. The van der Waals surface area contributed by atoms with E-state index in [0.29, 0.717) is 11.6 Å². The van der Waals surface area contributed by atoms with Crippen LogP contribution in [-0.4, -0.2) is 45.5 Å². The lowest BCUT2D eigenvalue weighted by Gasteiger charge is -2.31. The second kappa shape index (κ2) is 4.90. The first kappa shape index (κ1) is 11.5. The summed E-state index contributed by atoms with van der Waals surface area (Å²) in [6.45, 7) is 3.23. The third-order valence-electron chi connectivity index (χ3n) is 2.63. The van der Waals surface area contributed by atoms with E-state index in [9.17, 15) is 0 Å². The molecule has 1 aliphatic rings. The molecular formula is C10H16N4OS. The average molecular weight is 240 g/mol. The van der Waals surface area contributed by atoms with Gasteiger partial charge in [0.15, 0.2) is 0 Å². The van der Waals surface area contributed by atoms with Crippen LogP contribution in [0.4, 0.5) is 0 Å². The molecule has 1 aromatic heterocycles. The van der Waals surface area contributed by atoms with Crippen LogP contribution in [0.25, 0.3) is 0 Å². The summed E-state index contributed by atoms with van der Waals surface area (Å²) < 4.78 is 7.29. The molecule has 1 fully saturated rings. The van der Waals surface area contributed by atoms with E-state index in [1.54, 1.807) is 4.68 Å². The van der Waals surface area contributed by atoms with Crippen LogP contribution in [0.2, 0.25) is 0 Å². The number of aromatic nitrogens is 2. The summed E-state index contributed by atoms with van der Waals surface area (Å²) in [5.41, 5.74) is 6.79. The minimum Gasteiger partial charge on any atom is -0.391 e. The molecule has 1 unspecified atom stereocenters. The van der Waals surface area contributed by atoms with Crippen molar-refractivity contribution in [2.24, 2.45) is 12.8 Å². The Bertz CT molecular complexity index is 379. The maximum absolute atomic E-state index is 5.59. The van der Waals surface area contributed by atoms with Crippen LogP contribution < -0.4 is 5.73 Å². The van der Waals surface area contributed by atoms with Gasteiger partial charge >= 0.3 is 0 Å². The monoisotopic (exact) mass is 240 g/mol. The molecule has 16 heavy (non-hydrogen) atoms. The van der Waals surface area contributed by atoms with E-state index in [-0.39, 0.29) is 6.10 Å². The van der Waals surface area contributed by atoms with Gasteiger partial charge in [0, 0.05) is 38.4 Å². The third kappa shape index (κ3) is 2.78. The Morgan fingerprint density at radius 3 is 3.19 bits per heavy atom. The van der Waals surface area contributed by atoms with Gasteiger partial charge in [-0.15, -0.1) is 0 Å². The Labute approximate surface area is 100 Å². The smallest absolute Gasteiger partial charge is 0.120 e. The van der Waals surface area contributed by atoms with Crippen molar-refractivity contribution in [3.05, 3.63) is 18.0 Å². The fourth-order valence-electron chi connectivity index (χ4n) is 1.83.